The number of rotatable bonds is 6. The van der Waals surface area contributed by atoms with Gasteiger partial charge in [0.05, 0.1) is 18.9 Å². The second-order valence-electron chi connectivity index (χ2n) is 6.21. The molecule has 7 heteroatoms. The third-order valence-electron chi connectivity index (χ3n) is 4.37. The Morgan fingerprint density at radius 2 is 2.07 bits per heavy atom. The number of nitrogens with zero attached hydrogens (tertiary/aromatic N) is 2. The van der Waals surface area contributed by atoms with Crippen LogP contribution in [0.5, 0.6) is 5.75 Å². The zero-order valence-corrected chi connectivity index (χ0v) is 16.0. The molecule has 1 N–H and O–H groups in total. The number of hydrogen-bond acceptors (Lipinski definition) is 6. The number of oxime groups is 1. The fraction of sp³-hybridized carbons (Fsp3) is 0.350. The third-order valence-corrected chi connectivity index (χ3v) is 5.58. The molecule has 6 nitrogen and oxygen atoms in total. The number of anilines is 1. The van der Waals surface area contributed by atoms with Gasteiger partial charge >= 0.3 is 0 Å². The molecule has 1 amide bonds. The molecule has 1 aromatic heterocycles. The summed E-state index contributed by atoms with van der Waals surface area (Å²) in [5, 5.41) is 16.7. The third kappa shape index (κ3) is 4.86. The average molecular weight is 383 g/mol. The van der Waals surface area contributed by atoms with E-state index in [1.807, 2.05) is 24.3 Å². The zero-order valence-electron chi connectivity index (χ0n) is 15.2. The molecule has 0 atom stereocenters. The standard InChI is InChI=1S/C20H21N3O3S/c1-25-15-9-7-14(8-10-15)12-22-26-13-19(24)23-20-17(11-21)16-5-3-2-4-6-18(16)27-20/h7-10,12H,2-6,13H2,1H3,(H,23,24). The van der Waals surface area contributed by atoms with Crippen LogP contribution in [0.15, 0.2) is 29.4 Å². The number of benzene rings is 1. The Kier molecular flexibility index (Phi) is 6.44. The van der Waals surface area contributed by atoms with Gasteiger partial charge in [-0.1, -0.05) is 11.6 Å². The summed E-state index contributed by atoms with van der Waals surface area (Å²) >= 11 is 1.51. The molecular weight excluding hydrogens is 362 g/mol. The van der Waals surface area contributed by atoms with Crippen molar-refractivity contribution in [2.45, 2.75) is 32.1 Å². The molecule has 1 aliphatic carbocycles. The number of carbonyl (C=O) groups is 1. The van der Waals surface area contributed by atoms with Gasteiger partial charge in [-0.05, 0) is 61.1 Å². The highest BCUT2D eigenvalue weighted by atomic mass is 32.1. The van der Waals surface area contributed by atoms with Crippen molar-refractivity contribution in [3.63, 3.8) is 0 Å². The second kappa shape index (κ2) is 9.19. The molecule has 1 heterocycles. The SMILES string of the molecule is COc1ccc(C=NOCC(=O)Nc2sc3c(c2C#N)CCCCC3)cc1. The summed E-state index contributed by atoms with van der Waals surface area (Å²) in [7, 11) is 1.61. The van der Waals surface area contributed by atoms with Crippen molar-refractivity contribution in [2.24, 2.45) is 5.16 Å². The summed E-state index contributed by atoms with van der Waals surface area (Å²) in [6.45, 7) is -0.208. The van der Waals surface area contributed by atoms with E-state index in [1.165, 1.54) is 28.8 Å². The van der Waals surface area contributed by atoms with E-state index >= 15 is 0 Å². The van der Waals surface area contributed by atoms with Crippen LogP contribution in [0.1, 0.15) is 40.8 Å². The van der Waals surface area contributed by atoms with Crippen LogP contribution in [-0.2, 0) is 22.5 Å². The molecule has 0 radical (unpaired) electrons. The first-order valence-corrected chi connectivity index (χ1v) is 9.66. The maximum atomic E-state index is 12.1. The van der Waals surface area contributed by atoms with Gasteiger partial charge in [0.15, 0.2) is 6.61 Å². The summed E-state index contributed by atoms with van der Waals surface area (Å²) < 4.78 is 5.09. The monoisotopic (exact) mass is 383 g/mol. The predicted octanol–water partition coefficient (Wildman–Crippen LogP) is 3.89. The topological polar surface area (TPSA) is 83.7 Å². The van der Waals surface area contributed by atoms with E-state index in [4.69, 9.17) is 9.57 Å². The van der Waals surface area contributed by atoms with Crippen molar-refractivity contribution in [3.8, 4) is 11.8 Å². The van der Waals surface area contributed by atoms with Gasteiger partial charge in [-0.2, -0.15) is 5.26 Å². The van der Waals surface area contributed by atoms with E-state index < -0.39 is 0 Å². The summed E-state index contributed by atoms with van der Waals surface area (Å²) in [6, 6.07) is 9.56. The molecule has 3 rings (SSSR count). The first-order chi connectivity index (χ1) is 13.2. The number of amides is 1. The molecule has 1 aliphatic rings. The molecule has 140 valence electrons. The van der Waals surface area contributed by atoms with Crippen molar-refractivity contribution in [3.05, 3.63) is 45.8 Å². The fourth-order valence-corrected chi connectivity index (χ4v) is 4.25. The molecule has 0 bridgehead atoms. The summed E-state index contributed by atoms with van der Waals surface area (Å²) in [6.07, 6.45) is 6.83. The van der Waals surface area contributed by atoms with Crippen LogP contribution in [0.25, 0.3) is 0 Å². The molecule has 0 aliphatic heterocycles. The number of methoxy groups -OCH3 is 1. The molecule has 1 aromatic carbocycles. The Labute approximate surface area is 162 Å². The van der Waals surface area contributed by atoms with Crippen molar-refractivity contribution in [1.29, 1.82) is 5.26 Å². The van der Waals surface area contributed by atoms with Crippen molar-refractivity contribution in [2.75, 3.05) is 19.0 Å². The average Bonchev–Trinajstić information content (AvgIpc) is 2.85. The van der Waals surface area contributed by atoms with Crippen LogP contribution in [0, 0.1) is 11.3 Å². The molecule has 27 heavy (non-hydrogen) atoms. The van der Waals surface area contributed by atoms with E-state index in [0.717, 1.165) is 42.6 Å². The largest absolute Gasteiger partial charge is 0.497 e. The first-order valence-electron chi connectivity index (χ1n) is 8.85. The van der Waals surface area contributed by atoms with Gasteiger partial charge in [0.25, 0.3) is 5.91 Å². The molecule has 0 unspecified atom stereocenters. The van der Waals surface area contributed by atoms with Gasteiger partial charge < -0.3 is 14.9 Å². The first kappa shape index (κ1) is 18.9. The fourth-order valence-electron chi connectivity index (χ4n) is 3.00. The van der Waals surface area contributed by atoms with E-state index in [-0.39, 0.29) is 12.5 Å². The summed E-state index contributed by atoms with van der Waals surface area (Å²) in [4.78, 5) is 18.4. The van der Waals surface area contributed by atoms with Crippen LogP contribution in [0.3, 0.4) is 0 Å². The van der Waals surface area contributed by atoms with E-state index in [0.29, 0.717) is 10.6 Å². The molecule has 0 saturated carbocycles. The maximum absolute atomic E-state index is 12.1. The lowest BCUT2D eigenvalue weighted by Crippen LogP contribution is -2.17. The zero-order chi connectivity index (χ0) is 19.1. The minimum atomic E-state index is -0.324. The highest BCUT2D eigenvalue weighted by Crippen LogP contribution is 2.36. The number of thiophene rings is 1. The highest BCUT2D eigenvalue weighted by molar-refractivity contribution is 7.16. The number of fused-ring (bicyclic) bond motifs is 1. The van der Waals surface area contributed by atoms with Crippen LogP contribution in [-0.4, -0.2) is 25.8 Å². The number of nitrogens with one attached hydrogen (secondary N) is 1. The molecule has 0 fully saturated rings. The van der Waals surface area contributed by atoms with Gasteiger partial charge in [0.1, 0.15) is 16.8 Å². The van der Waals surface area contributed by atoms with Gasteiger partial charge in [0.2, 0.25) is 0 Å². The molecule has 2 aromatic rings. The van der Waals surface area contributed by atoms with Gasteiger partial charge in [-0.25, -0.2) is 0 Å². The van der Waals surface area contributed by atoms with Crippen LogP contribution in [0.4, 0.5) is 5.00 Å². The number of carbonyl (C=O) groups excluding carboxylic acids is 1. The van der Waals surface area contributed by atoms with E-state index in [1.54, 1.807) is 7.11 Å². The Morgan fingerprint density at radius 1 is 1.30 bits per heavy atom. The predicted molar refractivity (Wildman–Crippen MR) is 105 cm³/mol. The second-order valence-corrected chi connectivity index (χ2v) is 7.31. The van der Waals surface area contributed by atoms with Crippen LogP contribution >= 0.6 is 11.3 Å². The highest BCUT2D eigenvalue weighted by Gasteiger charge is 2.20. The van der Waals surface area contributed by atoms with Gasteiger partial charge in [0, 0.05) is 4.88 Å². The van der Waals surface area contributed by atoms with Crippen molar-refractivity contribution in [1.82, 2.24) is 0 Å². The summed E-state index contributed by atoms with van der Waals surface area (Å²) in [5.74, 6) is 0.435. The Bertz CT molecular complexity index is 866. The Morgan fingerprint density at radius 3 is 2.81 bits per heavy atom. The van der Waals surface area contributed by atoms with Crippen molar-refractivity contribution >= 4 is 28.5 Å². The van der Waals surface area contributed by atoms with Crippen LogP contribution < -0.4 is 10.1 Å². The van der Waals surface area contributed by atoms with Crippen molar-refractivity contribution < 1.29 is 14.4 Å². The van der Waals surface area contributed by atoms with Gasteiger partial charge in [-0.3, -0.25) is 4.79 Å². The number of aryl methyl sites for hydroxylation is 1. The lowest BCUT2D eigenvalue weighted by atomic mass is 10.1. The lowest BCUT2D eigenvalue weighted by Gasteiger charge is -2.03. The normalized spacial score (nSPS) is 13.5. The van der Waals surface area contributed by atoms with E-state index in [2.05, 4.69) is 16.5 Å². The Balaban J connectivity index is 1.55. The number of nitriles is 1. The number of hydrogen-bond donors (Lipinski definition) is 1. The minimum Gasteiger partial charge on any atom is -0.497 e. The maximum Gasteiger partial charge on any atom is 0.265 e. The van der Waals surface area contributed by atoms with E-state index in [9.17, 15) is 10.1 Å². The molecule has 0 saturated heterocycles. The summed E-state index contributed by atoms with van der Waals surface area (Å²) in [5.41, 5.74) is 2.55. The quantitative estimate of drug-likeness (QED) is 0.466. The molecule has 0 spiro atoms. The van der Waals surface area contributed by atoms with Gasteiger partial charge in [-0.15, -0.1) is 11.3 Å². The molecular formula is C20H21N3O3S. The van der Waals surface area contributed by atoms with Crippen LogP contribution in [0.2, 0.25) is 0 Å². The Hall–Kier alpha value is -2.85. The smallest absolute Gasteiger partial charge is 0.265 e. The minimum absolute atomic E-state index is 0.208. The number of ether oxygens (including phenoxy) is 1. The lowest BCUT2D eigenvalue weighted by molar-refractivity contribution is -0.120.